The minimum atomic E-state index is 0.474. The average Bonchev–Trinajstić information content (AvgIpc) is 2.97. The van der Waals surface area contributed by atoms with E-state index in [1.54, 1.807) is 6.21 Å². The van der Waals surface area contributed by atoms with Crippen molar-refractivity contribution in [3.8, 4) is 0 Å². The lowest BCUT2D eigenvalue weighted by Crippen LogP contribution is -2.33. The maximum atomic E-state index is 6.07. The average molecular weight is 372 g/mol. The van der Waals surface area contributed by atoms with Crippen molar-refractivity contribution < 1.29 is 0 Å². The van der Waals surface area contributed by atoms with Gasteiger partial charge in [0.05, 0.1) is 11.9 Å². The predicted molar refractivity (Wildman–Crippen MR) is 107 cm³/mol. The van der Waals surface area contributed by atoms with Crippen molar-refractivity contribution in [2.45, 2.75) is 13.3 Å². The molecule has 3 rings (SSSR count). The summed E-state index contributed by atoms with van der Waals surface area (Å²) in [6.45, 7) is 2.64. The third-order valence-corrected chi connectivity index (χ3v) is 4.15. The highest BCUT2D eigenvalue weighted by Crippen LogP contribution is 2.22. The quantitative estimate of drug-likeness (QED) is 0.364. The number of H-pyrrole nitrogens is 1. The molecular weight excluding hydrogens is 354 g/mol. The second-order valence-electron chi connectivity index (χ2n) is 5.58. The van der Waals surface area contributed by atoms with Crippen LogP contribution < -0.4 is 10.7 Å². The molecule has 7 heteroatoms. The fourth-order valence-corrected chi connectivity index (χ4v) is 2.83. The van der Waals surface area contributed by atoms with E-state index in [4.69, 9.17) is 23.8 Å². The van der Waals surface area contributed by atoms with Crippen LogP contribution in [0.4, 0.5) is 0 Å². The summed E-state index contributed by atoms with van der Waals surface area (Å²) in [4.78, 5) is 7.58. The van der Waals surface area contributed by atoms with Crippen molar-refractivity contribution >= 4 is 46.0 Å². The van der Waals surface area contributed by atoms with Crippen molar-refractivity contribution in [1.82, 2.24) is 20.7 Å². The third-order valence-electron chi connectivity index (χ3n) is 3.68. The van der Waals surface area contributed by atoms with Crippen LogP contribution >= 0.6 is 23.8 Å². The topological polar surface area (TPSA) is 65.1 Å². The van der Waals surface area contributed by atoms with Gasteiger partial charge < -0.3 is 10.3 Å². The lowest BCUT2D eigenvalue weighted by Gasteiger charge is -2.06. The molecule has 3 aromatic rings. The Bertz CT molecular complexity index is 919. The number of aryl methyl sites for hydroxylation is 1. The van der Waals surface area contributed by atoms with Crippen LogP contribution in [0.3, 0.4) is 0 Å². The maximum absolute atomic E-state index is 6.07. The Labute approximate surface area is 156 Å². The number of hydrogen-bond acceptors (Lipinski definition) is 3. The van der Waals surface area contributed by atoms with E-state index in [0.29, 0.717) is 11.7 Å². The molecule has 0 aliphatic carbocycles. The van der Waals surface area contributed by atoms with Gasteiger partial charge in [-0.25, -0.2) is 0 Å². The lowest BCUT2D eigenvalue weighted by molar-refractivity contribution is 0.841. The van der Waals surface area contributed by atoms with E-state index >= 15 is 0 Å². The molecule has 2 heterocycles. The van der Waals surface area contributed by atoms with Crippen LogP contribution in [0.15, 0.2) is 47.7 Å². The van der Waals surface area contributed by atoms with Crippen LogP contribution in [0, 0.1) is 6.92 Å². The number of hydrogen-bond donors (Lipinski definition) is 3. The lowest BCUT2D eigenvalue weighted by atomic mass is 10.1. The number of nitrogens with zero attached hydrogens (tertiary/aromatic N) is 2. The molecule has 0 atom stereocenters. The number of aromatic nitrogens is 2. The van der Waals surface area contributed by atoms with E-state index < -0.39 is 0 Å². The Morgan fingerprint density at radius 1 is 1.36 bits per heavy atom. The number of aromatic amines is 1. The van der Waals surface area contributed by atoms with Crippen LogP contribution in [0.25, 0.3) is 10.9 Å². The van der Waals surface area contributed by atoms with Gasteiger partial charge in [0.15, 0.2) is 5.11 Å². The monoisotopic (exact) mass is 371 g/mol. The molecule has 2 aromatic heterocycles. The second kappa shape index (κ2) is 8.09. The molecule has 0 radical (unpaired) electrons. The molecule has 0 aliphatic rings. The van der Waals surface area contributed by atoms with Gasteiger partial charge in [0.1, 0.15) is 0 Å². The molecule has 5 nitrogen and oxygen atoms in total. The number of pyridine rings is 1. The molecule has 0 saturated heterocycles. The standard InChI is InChI=1S/C18H18ClN5S/c1-12-3-2-4-15(23-12)11-22-24-18(25)20-8-7-13-10-21-17-6-5-14(19)9-16(13)17/h2-6,9-11,21H,7-8H2,1H3,(H2,20,24,25)/b22-11+. The molecule has 1 aromatic carbocycles. The van der Waals surface area contributed by atoms with Gasteiger partial charge in [-0.15, -0.1) is 0 Å². The van der Waals surface area contributed by atoms with E-state index in [1.807, 2.05) is 49.5 Å². The summed E-state index contributed by atoms with van der Waals surface area (Å²) in [6, 6.07) is 11.6. The number of rotatable bonds is 5. The fourth-order valence-electron chi connectivity index (χ4n) is 2.50. The van der Waals surface area contributed by atoms with Crippen LogP contribution in [0.2, 0.25) is 5.02 Å². The Balaban J connectivity index is 1.48. The maximum Gasteiger partial charge on any atom is 0.186 e. The van der Waals surface area contributed by atoms with Crippen molar-refractivity contribution in [2.24, 2.45) is 5.10 Å². The van der Waals surface area contributed by atoms with E-state index in [0.717, 1.165) is 33.7 Å². The third kappa shape index (κ3) is 4.78. The van der Waals surface area contributed by atoms with Crippen molar-refractivity contribution in [2.75, 3.05) is 6.54 Å². The van der Waals surface area contributed by atoms with Gasteiger partial charge >= 0.3 is 0 Å². The molecule has 0 amide bonds. The SMILES string of the molecule is Cc1cccc(/C=N/NC(=S)NCCc2c[nH]c3ccc(Cl)cc23)n1. The number of thiocarbonyl (C=S) groups is 1. The summed E-state index contributed by atoms with van der Waals surface area (Å²) in [6.07, 6.45) is 4.47. The molecule has 3 N–H and O–H groups in total. The predicted octanol–water partition coefficient (Wildman–Crippen LogP) is 3.57. The summed E-state index contributed by atoms with van der Waals surface area (Å²) in [5.41, 5.74) is 6.80. The van der Waals surface area contributed by atoms with Gasteiger partial charge in [0, 0.05) is 34.4 Å². The highest BCUT2D eigenvalue weighted by atomic mass is 35.5. The Hall–Kier alpha value is -2.44. The molecule has 0 bridgehead atoms. The van der Waals surface area contributed by atoms with Gasteiger partial charge in [-0.3, -0.25) is 10.4 Å². The van der Waals surface area contributed by atoms with Crippen molar-refractivity contribution in [1.29, 1.82) is 0 Å². The van der Waals surface area contributed by atoms with Crippen LogP contribution in [-0.2, 0) is 6.42 Å². The molecule has 0 unspecified atom stereocenters. The van der Waals surface area contributed by atoms with Gasteiger partial charge in [-0.1, -0.05) is 17.7 Å². The highest BCUT2D eigenvalue weighted by Gasteiger charge is 2.04. The minimum absolute atomic E-state index is 0.474. The first-order chi connectivity index (χ1) is 12.1. The number of fused-ring (bicyclic) bond motifs is 1. The Morgan fingerprint density at radius 3 is 3.08 bits per heavy atom. The van der Waals surface area contributed by atoms with E-state index in [2.05, 4.69) is 25.8 Å². The number of nitrogens with one attached hydrogen (secondary N) is 3. The van der Waals surface area contributed by atoms with Gasteiger partial charge in [0.2, 0.25) is 0 Å². The highest BCUT2D eigenvalue weighted by molar-refractivity contribution is 7.80. The molecular formula is C18H18ClN5S. The number of hydrazone groups is 1. The molecule has 25 heavy (non-hydrogen) atoms. The molecule has 0 saturated carbocycles. The second-order valence-corrected chi connectivity index (χ2v) is 6.43. The van der Waals surface area contributed by atoms with Crippen LogP contribution in [0.1, 0.15) is 17.0 Å². The van der Waals surface area contributed by atoms with Crippen LogP contribution in [0.5, 0.6) is 0 Å². The van der Waals surface area contributed by atoms with E-state index in [1.165, 1.54) is 5.56 Å². The van der Waals surface area contributed by atoms with Gasteiger partial charge in [-0.05, 0) is 61.5 Å². The Kier molecular flexibility index (Phi) is 5.63. The summed E-state index contributed by atoms with van der Waals surface area (Å²) >= 11 is 11.3. The zero-order valence-corrected chi connectivity index (χ0v) is 15.3. The first-order valence-corrected chi connectivity index (χ1v) is 8.66. The smallest absolute Gasteiger partial charge is 0.186 e. The Morgan fingerprint density at radius 2 is 2.24 bits per heavy atom. The van der Waals surface area contributed by atoms with Crippen LogP contribution in [-0.4, -0.2) is 27.8 Å². The number of halogens is 1. The zero-order valence-electron chi connectivity index (χ0n) is 13.7. The molecule has 128 valence electrons. The van der Waals surface area contributed by atoms with Crippen molar-refractivity contribution in [3.63, 3.8) is 0 Å². The zero-order chi connectivity index (χ0) is 17.6. The number of benzene rings is 1. The molecule has 0 fully saturated rings. The van der Waals surface area contributed by atoms with E-state index in [9.17, 15) is 0 Å². The van der Waals surface area contributed by atoms with Gasteiger partial charge in [-0.2, -0.15) is 5.10 Å². The minimum Gasteiger partial charge on any atom is -0.361 e. The first-order valence-electron chi connectivity index (χ1n) is 7.88. The summed E-state index contributed by atoms with van der Waals surface area (Å²) in [5, 5.41) is 9.58. The normalized spacial score (nSPS) is 11.1. The molecule has 0 spiro atoms. The largest absolute Gasteiger partial charge is 0.361 e. The molecule has 0 aliphatic heterocycles. The first kappa shape index (κ1) is 17.4. The summed E-state index contributed by atoms with van der Waals surface area (Å²) < 4.78 is 0. The van der Waals surface area contributed by atoms with E-state index in [-0.39, 0.29) is 0 Å². The fraction of sp³-hybridized carbons (Fsp3) is 0.167. The van der Waals surface area contributed by atoms with Crippen molar-refractivity contribution in [3.05, 3.63) is 64.6 Å². The van der Waals surface area contributed by atoms with Gasteiger partial charge in [0.25, 0.3) is 0 Å². The summed E-state index contributed by atoms with van der Waals surface area (Å²) in [5.74, 6) is 0. The summed E-state index contributed by atoms with van der Waals surface area (Å²) in [7, 11) is 0.